The molecule has 10 heteroatoms. The molecule has 0 saturated heterocycles. The van der Waals surface area contributed by atoms with E-state index in [1.807, 2.05) is 0 Å². The molecule has 0 radical (unpaired) electrons. The number of primary sulfonamides is 1. The first-order valence-electron chi connectivity index (χ1n) is 4.02. The molecule has 0 fully saturated rings. The fraction of sp³-hybridized carbons (Fsp3) is 0.833. The third-order valence-electron chi connectivity index (χ3n) is 1.47. The number of rotatable bonds is 6. The van der Waals surface area contributed by atoms with Crippen LogP contribution in [0, 0.1) is 0 Å². The molecular weight excluding hydrogens is 256 g/mol. The standard InChI is InChI=1S/C6H10F4N2O3S/c7-4(8)6(9,10)5(13)12-2-1-3-16(11,14)15/h4H,1-3H2,(H,12,13)(H2,11,14,15). The van der Waals surface area contributed by atoms with Crippen LogP contribution in [0.3, 0.4) is 0 Å². The van der Waals surface area contributed by atoms with Crippen LogP contribution in [0.5, 0.6) is 0 Å². The highest BCUT2D eigenvalue weighted by Crippen LogP contribution is 2.22. The van der Waals surface area contributed by atoms with Crippen LogP contribution < -0.4 is 10.5 Å². The van der Waals surface area contributed by atoms with Crippen molar-refractivity contribution in [3.05, 3.63) is 0 Å². The van der Waals surface area contributed by atoms with Crippen molar-refractivity contribution in [2.24, 2.45) is 5.14 Å². The molecule has 16 heavy (non-hydrogen) atoms. The summed E-state index contributed by atoms with van der Waals surface area (Å²) in [5, 5.41) is 6.07. The van der Waals surface area contributed by atoms with Crippen LogP contribution in [-0.4, -0.2) is 39.0 Å². The van der Waals surface area contributed by atoms with Gasteiger partial charge < -0.3 is 5.32 Å². The Bertz CT molecular complexity index is 344. The fourth-order valence-corrected chi connectivity index (χ4v) is 1.24. The summed E-state index contributed by atoms with van der Waals surface area (Å²) in [4.78, 5) is 10.5. The number of sulfonamides is 1. The molecule has 0 aliphatic heterocycles. The van der Waals surface area contributed by atoms with Crippen molar-refractivity contribution >= 4 is 15.9 Å². The minimum atomic E-state index is -4.78. The fourth-order valence-electron chi connectivity index (χ4n) is 0.692. The first-order valence-corrected chi connectivity index (χ1v) is 5.73. The van der Waals surface area contributed by atoms with Crippen LogP contribution in [0.1, 0.15) is 6.42 Å². The van der Waals surface area contributed by atoms with Crippen molar-refractivity contribution in [3.63, 3.8) is 0 Å². The first-order chi connectivity index (χ1) is 7.07. The summed E-state index contributed by atoms with van der Waals surface area (Å²) in [6, 6.07) is 0. The predicted molar refractivity (Wildman–Crippen MR) is 46.6 cm³/mol. The van der Waals surface area contributed by atoms with Crippen molar-refractivity contribution in [1.29, 1.82) is 0 Å². The molecule has 3 N–H and O–H groups in total. The Balaban J connectivity index is 4.01. The van der Waals surface area contributed by atoms with Crippen molar-refractivity contribution in [1.82, 2.24) is 5.32 Å². The Morgan fingerprint density at radius 1 is 1.38 bits per heavy atom. The third-order valence-corrected chi connectivity index (χ3v) is 2.33. The van der Waals surface area contributed by atoms with Gasteiger partial charge in [-0.1, -0.05) is 0 Å². The summed E-state index contributed by atoms with van der Waals surface area (Å²) in [5.41, 5.74) is 0. The molecule has 0 bridgehead atoms. The molecule has 0 aromatic heterocycles. The maximum atomic E-state index is 12.3. The zero-order valence-corrected chi connectivity index (χ0v) is 8.74. The van der Waals surface area contributed by atoms with Gasteiger partial charge in [-0.2, -0.15) is 8.78 Å². The van der Waals surface area contributed by atoms with Gasteiger partial charge in [-0.25, -0.2) is 22.3 Å². The second-order valence-corrected chi connectivity index (χ2v) is 4.63. The van der Waals surface area contributed by atoms with E-state index in [1.165, 1.54) is 5.32 Å². The highest BCUT2D eigenvalue weighted by Gasteiger charge is 2.48. The number of nitrogens with two attached hydrogens (primary N) is 1. The second-order valence-electron chi connectivity index (χ2n) is 2.90. The molecular formula is C6H10F4N2O3S. The first kappa shape index (κ1) is 15.1. The number of halogens is 4. The Morgan fingerprint density at radius 2 is 1.88 bits per heavy atom. The van der Waals surface area contributed by atoms with E-state index in [9.17, 15) is 30.8 Å². The summed E-state index contributed by atoms with van der Waals surface area (Å²) >= 11 is 0. The van der Waals surface area contributed by atoms with Gasteiger partial charge in [-0.3, -0.25) is 4.79 Å². The maximum Gasteiger partial charge on any atom is 0.383 e. The van der Waals surface area contributed by atoms with E-state index in [1.54, 1.807) is 0 Å². The zero-order chi connectivity index (χ0) is 13.0. The lowest BCUT2D eigenvalue weighted by atomic mass is 10.3. The Morgan fingerprint density at radius 3 is 2.25 bits per heavy atom. The molecule has 0 heterocycles. The van der Waals surface area contributed by atoms with Gasteiger partial charge >= 0.3 is 12.3 Å². The van der Waals surface area contributed by atoms with Crippen molar-refractivity contribution in [2.75, 3.05) is 12.3 Å². The van der Waals surface area contributed by atoms with Gasteiger partial charge in [-0.15, -0.1) is 0 Å². The van der Waals surface area contributed by atoms with Gasteiger partial charge in [0.25, 0.3) is 5.91 Å². The summed E-state index contributed by atoms with van der Waals surface area (Å²) in [6.45, 7) is -0.475. The number of hydrogen-bond acceptors (Lipinski definition) is 3. The van der Waals surface area contributed by atoms with E-state index in [0.717, 1.165) is 0 Å². The van der Waals surface area contributed by atoms with Crippen LogP contribution in [0.25, 0.3) is 0 Å². The molecule has 0 atom stereocenters. The molecule has 0 aromatic rings. The van der Waals surface area contributed by atoms with Gasteiger partial charge in [0.1, 0.15) is 0 Å². The smallest absolute Gasteiger partial charge is 0.351 e. The van der Waals surface area contributed by atoms with Crippen LogP contribution in [0.2, 0.25) is 0 Å². The Labute approximate surface area is 89.0 Å². The molecule has 0 aliphatic carbocycles. The van der Waals surface area contributed by atoms with Gasteiger partial charge in [-0.05, 0) is 6.42 Å². The summed E-state index contributed by atoms with van der Waals surface area (Å²) < 4.78 is 68.6. The van der Waals surface area contributed by atoms with Crippen molar-refractivity contribution in [3.8, 4) is 0 Å². The normalized spacial score (nSPS) is 12.9. The Kier molecular flexibility index (Phi) is 5.13. The maximum absolute atomic E-state index is 12.3. The highest BCUT2D eigenvalue weighted by atomic mass is 32.2. The van der Waals surface area contributed by atoms with Crippen LogP contribution in [-0.2, 0) is 14.8 Å². The molecule has 1 amide bonds. The van der Waals surface area contributed by atoms with Crippen LogP contribution in [0.15, 0.2) is 0 Å². The van der Waals surface area contributed by atoms with Gasteiger partial charge in [0.05, 0.1) is 5.75 Å². The lowest BCUT2D eigenvalue weighted by Gasteiger charge is -2.14. The molecule has 0 saturated carbocycles. The molecule has 96 valence electrons. The highest BCUT2D eigenvalue weighted by molar-refractivity contribution is 7.89. The minimum Gasteiger partial charge on any atom is -0.351 e. The predicted octanol–water partition coefficient (Wildman–Crippen LogP) is -0.318. The topological polar surface area (TPSA) is 89.3 Å². The van der Waals surface area contributed by atoms with Crippen molar-refractivity contribution < 1.29 is 30.8 Å². The lowest BCUT2D eigenvalue weighted by molar-refractivity contribution is -0.169. The monoisotopic (exact) mass is 266 g/mol. The molecule has 0 spiro atoms. The number of carbonyl (C=O) groups excluding carboxylic acids is 1. The van der Waals surface area contributed by atoms with Crippen molar-refractivity contribution in [2.45, 2.75) is 18.8 Å². The molecule has 0 unspecified atom stereocenters. The number of alkyl halides is 4. The van der Waals surface area contributed by atoms with Gasteiger partial charge in [0.15, 0.2) is 0 Å². The van der Waals surface area contributed by atoms with Gasteiger partial charge in [0, 0.05) is 6.54 Å². The summed E-state index contributed by atoms with van der Waals surface area (Å²) in [5.74, 6) is -7.45. The zero-order valence-electron chi connectivity index (χ0n) is 7.92. The number of amides is 1. The number of hydrogen-bond donors (Lipinski definition) is 2. The van der Waals surface area contributed by atoms with Crippen LogP contribution in [0.4, 0.5) is 17.6 Å². The largest absolute Gasteiger partial charge is 0.383 e. The van der Waals surface area contributed by atoms with E-state index >= 15 is 0 Å². The average molecular weight is 266 g/mol. The Hall–Kier alpha value is -0.900. The average Bonchev–Trinajstić information content (AvgIpc) is 2.10. The van der Waals surface area contributed by atoms with E-state index < -0.39 is 40.6 Å². The lowest BCUT2D eigenvalue weighted by Crippen LogP contribution is -2.45. The summed E-state index contributed by atoms with van der Waals surface area (Å²) in [6.07, 6.45) is -4.34. The van der Waals surface area contributed by atoms with Gasteiger partial charge in [0.2, 0.25) is 10.0 Å². The SMILES string of the molecule is NS(=O)(=O)CCCNC(=O)C(F)(F)C(F)F. The van der Waals surface area contributed by atoms with E-state index in [4.69, 9.17) is 0 Å². The molecule has 0 aromatic carbocycles. The van der Waals surface area contributed by atoms with E-state index in [2.05, 4.69) is 5.14 Å². The molecule has 5 nitrogen and oxygen atoms in total. The number of nitrogens with one attached hydrogen (secondary N) is 1. The second kappa shape index (κ2) is 5.43. The quantitative estimate of drug-likeness (QED) is 0.510. The van der Waals surface area contributed by atoms with E-state index in [0.29, 0.717) is 0 Å². The van der Waals surface area contributed by atoms with Crippen LogP contribution >= 0.6 is 0 Å². The third kappa shape index (κ3) is 5.26. The van der Waals surface area contributed by atoms with E-state index in [-0.39, 0.29) is 6.42 Å². The number of carbonyl (C=O) groups is 1. The summed E-state index contributed by atoms with van der Waals surface area (Å²) in [7, 11) is -3.76. The molecule has 0 aliphatic rings. The minimum absolute atomic E-state index is 0.232. The molecule has 0 rings (SSSR count).